The number of fused-ring (bicyclic) bond motifs is 1. The Morgan fingerprint density at radius 3 is 2.83 bits per heavy atom. The van der Waals surface area contributed by atoms with Crippen LogP contribution < -0.4 is 10.6 Å². The standard InChI is InChI=1S/C24H28F2N8O2/c25-14-9-33(10-14)11-15-12-34-20(28-15)3-4-27-22(34)29-19-5-17(31-32-19)16-1-2-18(21(16)26)36-23(35)30-24-6-13(7-24)8-24/h3-5,12-14,16,18,21H,1-2,6-11H2,(H,30,35)(H2,27,29,31,32)/t13?,16-,18-,21+,24?/m0/s1. The van der Waals surface area contributed by atoms with Crippen LogP contribution in [0.2, 0.25) is 0 Å². The van der Waals surface area contributed by atoms with Crippen molar-refractivity contribution < 1.29 is 18.3 Å². The Morgan fingerprint density at radius 1 is 1.25 bits per heavy atom. The number of carbonyl (C=O) groups is 1. The van der Waals surface area contributed by atoms with Gasteiger partial charge in [-0.05, 0) is 44.1 Å². The van der Waals surface area contributed by atoms with Crippen LogP contribution in [0.4, 0.5) is 25.3 Å². The maximum Gasteiger partial charge on any atom is 0.407 e. The smallest absolute Gasteiger partial charge is 0.407 e. The van der Waals surface area contributed by atoms with Gasteiger partial charge in [0.25, 0.3) is 0 Å². The number of alkyl halides is 2. The predicted octanol–water partition coefficient (Wildman–Crippen LogP) is 3.21. The van der Waals surface area contributed by atoms with Crippen molar-refractivity contribution in [3.05, 3.63) is 35.9 Å². The second-order valence-corrected chi connectivity index (χ2v) is 10.8. The molecule has 5 aliphatic rings. The lowest BCUT2D eigenvalue weighted by molar-refractivity contribution is -0.0532. The Bertz CT molecular complexity index is 1290. The van der Waals surface area contributed by atoms with Gasteiger partial charge in [0.1, 0.15) is 24.1 Å². The molecular formula is C24H28F2N8O2. The minimum Gasteiger partial charge on any atom is -0.443 e. The monoisotopic (exact) mass is 498 g/mol. The zero-order chi connectivity index (χ0) is 24.4. The van der Waals surface area contributed by atoms with Gasteiger partial charge in [0.15, 0.2) is 5.82 Å². The summed E-state index contributed by atoms with van der Waals surface area (Å²) in [7, 11) is 0. The summed E-state index contributed by atoms with van der Waals surface area (Å²) in [6, 6.07) is 3.57. The van der Waals surface area contributed by atoms with Gasteiger partial charge in [-0.25, -0.2) is 23.5 Å². The number of nitrogens with zero attached hydrogens (tertiary/aromatic N) is 5. The third kappa shape index (κ3) is 3.78. The number of rotatable bonds is 7. The van der Waals surface area contributed by atoms with E-state index >= 15 is 4.39 Å². The first kappa shape index (κ1) is 22.0. The molecule has 2 bridgehead atoms. The normalized spacial score (nSPS) is 31.5. The van der Waals surface area contributed by atoms with Crippen molar-refractivity contribution >= 4 is 23.5 Å². The summed E-state index contributed by atoms with van der Waals surface area (Å²) < 4.78 is 35.6. The van der Waals surface area contributed by atoms with Crippen molar-refractivity contribution in [3.63, 3.8) is 0 Å². The summed E-state index contributed by atoms with van der Waals surface area (Å²) in [5.41, 5.74) is 2.10. The summed E-state index contributed by atoms with van der Waals surface area (Å²) in [5.74, 6) is 1.33. The molecule has 1 saturated heterocycles. The third-order valence-corrected chi connectivity index (χ3v) is 8.13. The number of aromatic nitrogens is 5. The quantitative estimate of drug-likeness (QED) is 0.459. The first-order chi connectivity index (χ1) is 17.4. The molecule has 3 aromatic heterocycles. The van der Waals surface area contributed by atoms with E-state index in [1.807, 2.05) is 15.5 Å². The van der Waals surface area contributed by atoms with Gasteiger partial charge in [0.2, 0.25) is 5.95 Å². The lowest BCUT2D eigenvalue weighted by Crippen LogP contribution is -2.68. The minimum atomic E-state index is -1.31. The fraction of sp³-hybridized carbons (Fsp3) is 0.583. The van der Waals surface area contributed by atoms with E-state index < -0.39 is 30.5 Å². The van der Waals surface area contributed by atoms with Gasteiger partial charge in [-0.2, -0.15) is 5.10 Å². The minimum absolute atomic E-state index is 0.0886. The van der Waals surface area contributed by atoms with E-state index in [1.54, 1.807) is 18.3 Å². The van der Waals surface area contributed by atoms with Crippen molar-refractivity contribution in [1.29, 1.82) is 0 Å². The number of hydrogen-bond acceptors (Lipinski definition) is 7. The summed E-state index contributed by atoms with van der Waals surface area (Å²) in [6.45, 7) is 1.44. The molecule has 36 heavy (non-hydrogen) atoms. The SMILES string of the molecule is O=C(NC12CC(C1)C2)O[C@H]1CC[C@@H](c2cc(Nc3nccc4nc(CN5CC(F)C5)cn34)n[nH]2)[C@H]1F. The molecule has 0 unspecified atom stereocenters. The molecule has 3 N–H and O–H groups in total. The summed E-state index contributed by atoms with van der Waals surface area (Å²) >= 11 is 0. The van der Waals surface area contributed by atoms with E-state index in [1.165, 1.54) is 0 Å². The van der Waals surface area contributed by atoms with Crippen molar-refractivity contribution in [3.8, 4) is 0 Å². The molecule has 190 valence electrons. The second kappa shape index (κ2) is 8.12. The average Bonchev–Trinajstić information content (AvgIpc) is 3.49. The van der Waals surface area contributed by atoms with Crippen LogP contribution in [0, 0.1) is 5.92 Å². The molecule has 0 aromatic carbocycles. The van der Waals surface area contributed by atoms with E-state index in [4.69, 9.17) is 4.74 Å². The van der Waals surface area contributed by atoms with Crippen LogP contribution in [-0.4, -0.2) is 72.6 Å². The highest BCUT2D eigenvalue weighted by molar-refractivity contribution is 5.69. The molecule has 12 heteroatoms. The zero-order valence-corrected chi connectivity index (χ0v) is 19.7. The lowest BCUT2D eigenvalue weighted by Gasteiger charge is -2.61. The summed E-state index contributed by atoms with van der Waals surface area (Å²) in [6.07, 6.45) is 4.26. The van der Waals surface area contributed by atoms with Gasteiger partial charge in [-0.3, -0.25) is 14.4 Å². The molecule has 3 atom stereocenters. The van der Waals surface area contributed by atoms with Gasteiger partial charge < -0.3 is 15.4 Å². The van der Waals surface area contributed by atoms with Crippen LogP contribution in [0.3, 0.4) is 0 Å². The Balaban J connectivity index is 0.997. The number of nitrogens with one attached hydrogen (secondary N) is 3. The molecule has 4 aliphatic carbocycles. The number of imidazole rings is 1. The first-order valence-corrected chi connectivity index (χ1v) is 12.6. The Hall–Kier alpha value is -3.28. The van der Waals surface area contributed by atoms with Gasteiger partial charge in [0.05, 0.1) is 5.69 Å². The number of likely N-dealkylation sites (tertiary alicyclic amines) is 1. The summed E-state index contributed by atoms with van der Waals surface area (Å²) in [4.78, 5) is 23.3. The molecule has 4 heterocycles. The van der Waals surface area contributed by atoms with Gasteiger partial charge in [0, 0.05) is 55.2 Å². The fourth-order valence-corrected chi connectivity index (χ4v) is 6.10. The largest absolute Gasteiger partial charge is 0.443 e. The van der Waals surface area contributed by atoms with Crippen LogP contribution in [0.1, 0.15) is 49.4 Å². The number of ether oxygens (including phenoxy) is 1. The van der Waals surface area contributed by atoms with E-state index in [2.05, 4.69) is 30.8 Å². The number of H-pyrrole nitrogens is 1. The van der Waals surface area contributed by atoms with Crippen LogP contribution in [0.25, 0.3) is 5.65 Å². The van der Waals surface area contributed by atoms with E-state index in [0.717, 1.165) is 30.9 Å². The zero-order valence-electron chi connectivity index (χ0n) is 19.7. The Labute approximate surface area is 205 Å². The van der Waals surface area contributed by atoms with Crippen molar-refractivity contribution in [2.45, 2.75) is 68.6 Å². The van der Waals surface area contributed by atoms with Crippen LogP contribution in [-0.2, 0) is 11.3 Å². The number of anilines is 2. The third-order valence-electron chi connectivity index (χ3n) is 8.13. The van der Waals surface area contributed by atoms with Crippen LogP contribution in [0.15, 0.2) is 24.5 Å². The molecular weight excluding hydrogens is 470 g/mol. The van der Waals surface area contributed by atoms with Crippen LogP contribution in [0.5, 0.6) is 0 Å². The highest BCUT2D eigenvalue weighted by Crippen LogP contribution is 2.57. The second-order valence-electron chi connectivity index (χ2n) is 10.8. The molecule has 4 saturated carbocycles. The lowest BCUT2D eigenvalue weighted by atomic mass is 9.50. The highest BCUT2D eigenvalue weighted by Gasteiger charge is 2.58. The maximum atomic E-state index is 15.2. The molecule has 0 spiro atoms. The van der Waals surface area contributed by atoms with Crippen molar-refractivity contribution in [2.24, 2.45) is 5.92 Å². The average molecular weight is 499 g/mol. The number of amides is 1. The number of aromatic amines is 1. The van der Waals surface area contributed by atoms with E-state index in [0.29, 0.717) is 55.6 Å². The topological polar surface area (TPSA) is 112 Å². The molecule has 3 aromatic rings. The Morgan fingerprint density at radius 2 is 2.08 bits per heavy atom. The number of carbonyl (C=O) groups excluding carboxylic acids is 1. The predicted molar refractivity (Wildman–Crippen MR) is 125 cm³/mol. The van der Waals surface area contributed by atoms with E-state index in [9.17, 15) is 9.18 Å². The molecule has 1 amide bonds. The maximum absolute atomic E-state index is 15.2. The van der Waals surface area contributed by atoms with Crippen molar-refractivity contribution in [2.75, 3.05) is 18.4 Å². The van der Waals surface area contributed by atoms with Crippen LogP contribution >= 0.6 is 0 Å². The van der Waals surface area contributed by atoms with Gasteiger partial charge in [-0.15, -0.1) is 0 Å². The summed E-state index contributed by atoms with van der Waals surface area (Å²) in [5, 5.41) is 13.3. The molecule has 1 aliphatic heterocycles. The van der Waals surface area contributed by atoms with Crippen molar-refractivity contribution in [1.82, 2.24) is 34.8 Å². The number of alkyl carbamates (subject to hydrolysis) is 1. The molecule has 0 radical (unpaired) electrons. The Kier molecular flexibility index (Phi) is 4.95. The molecule has 5 fully saturated rings. The highest BCUT2D eigenvalue weighted by atomic mass is 19.1. The fourth-order valence-electron chi connectivity index (χ4n) is 6.10. The first-order valence-electron chi connectivity index (χ1n) is 12.6. The van der Waals surface area contributed by atoms with E-state index in [-0.39, 0.29) is 5.54 Å². The van der Waals surface area contributed by atoms with Gasteiger partial charge in [-0.1, -0.05) is 0 Å². The molecule has 10 nitrogen and oxygen atoms in total. The number of hydrogen-bond donors (Lipinski definition) is 3. The number of halogens is 2. The van der Waals surface area contributed by atoms with Gasteiger partial charge >= 0.3 is 6.09 Å². The molecule has 8 rings (SSSR count).